The van der Waals surface area contributed by atoms with Crippen LogP contribution in [0.3, 0.4) is 0 Å². The zero-order valence-corrected chi connectivity index (χ0v) is 13.1. The Balaban J connectivity index is 2.48. The van der Waals surface area contributed by atoms with Gasteiger partial charge in [0.1, 0.15) is 0 Å². The number of hydrogen-bond donors (Lipinski definition) is 1. The van der Waals surface area contributed by atoms with E-state index in [-0.39, 0.29) is 0 Å². The molecule has 1 aromatic rings. The molecule has 1 N–H and O–H groups in total. The van der Waals surface area contributed by atoms with Crippen LogP contribution in [0.1, 0.15) is 18.9 Å². The summed E-state index contributed by atoms with van der Waals surface area (Å²) in [6, 6.07) is 7.04. The molecule has 20 heavy (non-hydrogen) atoms. The van der Waals surface area contributed by atoms with E-state index in [1.54, 1.807) is 18.2 Å². The van der Waals surface area contributed by atoms with Gasteiger partial charge in [-0.3, -0.25) is 0 Å². The fraction of sp³-hybridized carbons (Fsp3) is 0.462. The van der Waals surface area contributed by atoms with E-state index in [2.05, 4.69) is 5.32 Å². The summed E-state index contributed by atoms with van der Waals surface area (Å²) >= 11 is 6.03. The lowest BCUT2D eigenvalue weighted by Gasteiger charge is -2.18. The molecule has 0 atom stereocenters. The van der Waals surface area contributed by atoms with E-state index >= 15 is 0 Å². The predicted molar refractivity (Wildman–Crippen MR) is 81.4 cm³/mol. The largest absolute Gasteiger partial charge is 0.384 e. The van der Waals surface area contributed by atoms with E-state index in [0.717, 1.165) is 5.69 Å². The lowest BCUT2D eigenvalue weighted by atomic mass is 10.2. The number of hydrogen-bond acceptors (Lipinski definition) is 4. The predicted octanol–water partition coefficient (Wildman–Crippen LogP) is 2.30. The highest BCUT2D eigenvalue weighted by molar-refractivity contribution is 7.88. The molecule has 0 heterocycles. The second kappa shape index (κ2) is 7.48. The summed E-state index contributed by atoms with van der Waals surface area (Å²) in [6.45, 7) is 3.36. The lowest BCUT2D eigenvalue weighted by molar-refractivity contribution is 0.429. The molecular formula is C13H18ClN3O2S. The zero-order valence-electron chi connectivity index (χ0n) is 11.6. The van der Waals surface area contributed by atoms with E-state index in [9.17, 15) is 8.42 Å². The van der Waals surface area contributed by atoms with Crippen LogP contribution < -0.4 is 5.32 Å². The van der Waals surface area contributed by atoms with E-state index in [4.69, 9.17) is 16.9 Å². The Labute approximate surface area is 125 Å². The molecule has 0 aromatic heterocycles. The number of anilines is 1. The Bertz CT molecular complexity index is 596. The van der Waals surface area contributed by atoms with Crippen LogP contribution in [0.4, 0.5) is 5.69 Å². The molecular weight excluding hydrogens is 298 g/mol. The molecule has 0 unspecified atom stereocenters. The molecule has 5 nitrogen and oxygen atoms in total. The van der Waals surface area contributed by atoms with Gasteiger partial charge in [0.15, 0.2) is 0 Å². The summed E-state index contributed by atoms with van der Waals surface area (Å²) in [4.78, 5) is 0. The van der Waals surface area contributed by atoms with Gasteiger partial charge in [0.25, 0.3) is 0 Å². The molecule has 0 spiro atoms. The van der Waals surface area contributed by atoms with Crippen LogP contribution in [-0.2, 0) is 10.0 Å². The number of sulfonamides is 1. The molecule has 0 saturated carbocycles. The van der Waals surface area contributed by atoms with Gasteiger partial charge in [-0.2, -0.15) is 5.26 Å². The van der Waals surface area contributed by atoms with Crippen LogP contribution >= 0.6 is 11.6 Å². The highest BCUT2D eigenvalue weighted by Gasteiger charge is 2.13. The zero-order chi connectivity index (χ0) is 15.2. The van der Waals surface area contributed by atoms with Crippen molar-refractivity contribution < 1.29 is 8.42 Å². The van der Waals surface area contributed by atoms with Gasteiger partial charge in [0.2, 0.25) is 10.0 Å². The van der Waals surface area contributed by atoms with Crippen LogP contribution in [0, 0.1) is 11.3 Å². The molecule has 0 aliphatic carbocycles. The van der Waals surface area contributed by atoms with Gasteiger partial charge in [0, 0.05) is 19.6 Å². The Morgan fingerprint density at radius 1 is 1.45 bits per heavy atom. The number of rotatable bonds is 7. The van der Waals surface area contributed by atoms with Crippen LogP contribution in [0.25, 0.3) is 0 Å². The van der Waals surface area contributed by atoms with E-state index in [1.807, 2.05) is 13.0 Å². The number of halogens is 1. The van der Waals surface area contributed by atoms with Gasteiger partial charge >= 0.3 is 0 Å². The SMILES string of the molecule is CCN(CCCNc1ccc(C#N)cc1Cl)S(C)(=O)=O. The van der Waals surface area contributed by atoms with Gasteiger partial charge in [0.05, 0.1) is 28.6 Å². The quantitative estimate of drug-likeness (QED) is 0.784. The van der Waals surface area contributed by atoms with Crippen molar-refractivity contribution in [3.05, 3.63) is 28.8 Å². The first-order valence-corrected chi connectivity index (χ1v) is 8.49. The van der Waals surface area contributed by atoms with Gasteiger partial charge < -0.3 is 5.32 Å². The third kappa shape index (κ3) is 5.00. The summed E-state index contributed by atoms with van der Waals surface area (Å²) in [5.74, 6) is 0. The summed E-state index contributed by atoms with van der Waals surface area (Å²) in [7, 11) is -3.13. The third-order valence-corrected chi connectivity index (χ3v) is 4.51. The minimum atomic E-state index is -3.13. The van der Waals surface area contributed by atoms with Gasteiger partial charge in [-0.05, 0) is 24.6 Å². The van der Waals surface area contributed by atoms with Crippen LogP contribution in [0.5, 0.6) is 0 Å². The first-order valence-electron chi connectivity index (χ1n) is 6.27. The standard InChI is InChI=1S/C13H18ClN3O2S/c1-3-17(20(2,18)19)8-4-7-16-13-6-5-11(10-15)9-12(13)14/h5-6,9,16H,3-4,7-8H2,1-2H3. The molecule has 0 saturated heterocycles. The molecule has 0 radical (unpaired) electrons. The molecule has 0 amide bonds. The smallest absolute Gasteiger partial charge is 0.211 e. The maximum Gasteiger partial charge on any atom is 0.211 e. The minimum absolute atomic E-state index is 0.468. The number of benzene rings is 1. The van der Waals surface area contributed by atoms with Crippen molar-refractivity contribution >= 4 is 27.3 Å². The van der Waals surface area contributed by atoms with Crippen molar-refractivity contribution in [1.29, 1.82) is 5.26 Å². The molecule has 7 heteroatoms. The van der Waals surface area contributed by atoms with Crippen molar-refractivity contribution in [2.45, 2.75) is 13.3 Å². The molecule has 0 bridgehead atoms. The summed E-state index contributed by atoms with van der Waals surface area (Å²) in [5, 5.41) is 12.4. The van der Waals surface area contributed by atoms with E-state index in [1.165, 1.54) is 10.6 Å². The first-order chi connectivity index (χ1) is 9.38. The van der Waals surface area contributed by atoms with Crippen molar-refractivity contribution in [1.82, 2.24) is 4.31 Å². The topological polar surface area (TPSA) is 73.2 Å². The van der Waals surface area contributed by atoms with Crippen molar-refractivity contribution in [3.8, 4) is 6.07 Å². The summed E-state index contributed by atoms with van der Waals surface area (Å²) in [5.41, 5.74) is 1.25. The molecule has 110 valence electrons. The van der Waals surface area contributed by atoms with Crippen LogP contribution in [-0.4, -0.2) is 38.6 Å². The highest BCUT2D eigenvalue weighted by atomic mass is 35.5. The van der Waals surface area contributed by atoms with Crippen molar-refractivity contribution in [2.75, 3.05) is 31.2 Å². The van der Waals surface area contributed by atoms with Gasteiger partial charge in [-0.25, -0.2) is 12.7 Å². The average Bonchev–Trinajstić information content (AvgIpc) is 2.38. The fourth-order valence-corrected chi connectivity index (χ4v) is 2.94. The number of nitrogens with one attached hydrogen (secondary N) is 1. The molecule has 1 aromatic carbocycles. The monoisotopic (exact) mass is 315 g/mol. The number of nitrogens with zero attached hydrogens (tertiary/aromatic N) is 2. The lowest BCUT2D eigenvalue weighted by Crippen LogP contribution is -2.31. The number of nitriles is 1. The van der Waals surface area contributed by atoms with Gasteiger partial charge in [-0.15, -0.1) is 0 Å². The Morgan fingerprint density at radius 2 is 2.15 bits per heavy atom. The summed E-state index contributed by atoms with van der Waals surface area (Å²) < 4.78 is 24.2. The fourth-order valence-electron chi connectivity index (χ4n) is 1.76. The Kier molecular flexibility index (Phi) is 6.27. The Hall–Kier alpha value is -1.29. The van der Waals surface area contributed by atoms with Crippen molar-refractivity contribution in [2.24, 2.45) is 0 Å². The van der Waals surface area contributed by atoms with Crippen molar-refractivity contribution in [3.63, 3.8) is 0 Å². The molecule has 1 rings (SSSR count). The van der Waals surface area contributed by atoms with Crippen LogP contribution in [0.15, 0.2) is 18.2 Å². The summed E-state index contributed by atoms with van der Waals surface area (Å²) in [6.07, 6.45) is 1.89. The van der Waals surface area contributed by atoms with E-state index < -0.39 is 10.0 Å². The Morgan fingerprint density at radius 3 is 2.65 bits per heavy atom. The normalized spacial score (nSPS) is 11.3. The highest BCUT2D eigenvalue weighted by Crippen LogP contribution is 2.22. The van der Waals surface area contributed by atoms with Gasteiger partial charge in [-0.1, -0.05) is 18.5 Å². The minimum Gasteiger partial charge on any atom is -0.384 e. The third-order valence-electron chi connectivity index (χ3n) is 2.82. The van der Waals surface area contributed by atoms with Crippen LogP contribution in [0.2, 0.25) is 5.02 Å². The average molecular weight is 316 g/mol. The molecule has 0 aliphatic heterocycles. The van der Waals surface area contributed by atoms with E-state index in [0.29, 0.717) is 36.6 Å². The second-order valence-electron chi connectivity index (χ2n) is 4.34. The molecule has 0 fully saturated rings. The maximum atomic E-state index is 11.4. The second-order valence-corrected chi connectivity index (χ2v) is 6.73. The maximum absolute atomic E-state index is 11.4. The first kappa shape index (κ1) is 16.8. The molecule has 0 aliphatic rings.